The molecular weight excluding hydrogens is 214 g/mol. The van der Waals surface area contributed by atoms with Gasteiger partial charge in [-0.3, -0.25) is 4.57 Å². The van der Waals surface area contributed by atoms with Crippen LogP contribution in [0.2, 0.25) is 0 Å². The van der Waals surface area contributed by atoms with Crippen molar-refractivity contribution in [2.75, 3.05) is 0 Å². The van der Waals surface area contributed by atoms with E-state index in [4.69, 9.17) is 4.42 Å². The van der Waals surface area contributed by atoms with Gasteiger partial charge in [-0.25, -0.2) is 4.79 Å². The van der Waals surface area contributed by atoms with Crippen molar-refractivity contribution in [3.8, 4) is 0 Å². The maximum absolute atomic E-state index is 11.5. The molecule has 0 aliphatic heterocycles. The molecule has 0 bridgehead atoms. The number of hydrogen-bond acceptors (Lipinski definition) is 2. The van der Waals surface area contributed by atoms with E-state index >= 15 is 0 Å². The molecule has 0 saturated carbocycles. The molecule has 0 amide bonds. The van der Waals surface area contributed by atoms with Crippen molar-refractivity contribution >= 4 is 12.2 Å². The fourth-order valence-electron chi connectivity index (χ4n) is 1.55. The SMILES string of the molecule is C=C/C(=C\c1oc(=O)n(C)c1/C=C\C)C(C)C. The number of allylic oxidation sites excluding steroid dienone is 3. The first kappa shape index (κ1) is 13.3. The molecule has 0 radical (unpaired) electrons. The highest BCUT2D eigenvalue weighted by Gasteiger charge is 2.10. The van der Waals surface area contributed by atoms with Crippen molar-refractivity contribution in [1.29, 1.82) is 0 Å². The highest BCUT2D eigenvalue weighted by molar-refractivity contribution is 5.61. The molecule has 0 atom stereocenters. The summed E-state index contributed by atoms with van der Waals surface area (Å²) in [5.74, 6) is 0.576. The van der Waals surface area contributed by atoms with E-state index in [1.54, 1.807) is 13.1 Å². The average molecular weight is 233 g/mol. The third kappa shape index (κ3) is 2.87. The molecular formula is C14H19NO2. The molecule has 0 saturated heterocycles. The van der Waals surface area contributed by atoms with Crippen LogP contribution < -0.4 is 5.76 Å². The van der Waals surface area contributed by atoms with E-state index in [2.05, 4.69) is 20.4 Å². The maximum Gasteiger partial charge on any atom is 0.419 e. The lowest BCUT2D eigenvalue weighted by atomic mass is 10.0. The second-order valence-electron chi connectivity index (χ2n) is 4.18. The third-order valence-corrected chi connectivity index (χ3v) is 2.61. The minimum atomic E-state index is -0.350. The summed E-state index contributed by atoms with van der Waals surface area (Å²) < 4.78 is 6.71. The molecule has 3 nitrogen and oxygen atoms in total. The number of nitrogens with zero attached hydrogens (tertiary/aromatic N) is 1. The van der Waals surface area contributed by atoms with Crippen LogP contribution in [0.1, 0.15) is 32.2 Å². The monoisotopic (exact) mass is 233 g/mol. The van der Waals surface area contributed by atoms with Crippen molar-refractivity contribution in [3.05, 3.63) is 46.3 Å². The Bertz CT molecular complexity index is 513. The van der Waals surface area contributed by atoms with Gasteiger partial charge in [0.25, 0.3) is 0 Å². The van der Waals surface area contributed by atoms with Crippen LogP contribution in [0, 0.1) is 5.92 Å². The van der Waals surface area contributed by atoms with E-state index in [-0.39, 0.29) is 5.76 Å². The van der Waals surface area contributed by atoms with Crippen LogP contribution in [0.15, 0.2) is 33.5 Å². The maximum atomic E-state index is 11.5. The summed E-state index contributed by atoms with van der Waals surface area (Å²) in [6, 6.07) is 0. The minimum absolute atomic E-state index is 0.344. The van der Waals surface area contributed by atoms with Gasteiger partial charge >= 0.3 is 5.76 Å². The summed E-state index contributed by atoms with van der Waals surface area (Å²) in [4.78, 5) is 11.5. The lowest BCUT2D eigenvalue weighted by Gasteiger charge is -2.04. The Kier molecular flexibility index (Phi) is 4.32. The summed E-state index contributed by atoms with van der Waals surface area (Å²) in [5.41, 5.74) is 1.82. The molecule has 1 aromatic rings. The normalized spacial score (nSPS) is 12.6. The van der Waals surface area contributed by atoms with E-state index in [0.29, 0.717) is 11.7 Å². The molecule has 0 spiro atoms. The molecule has 0 unspecified atom stereocenters. The van der Waals surface area contributed by atoms with Gasteiger partial charge < -0.3 is 4.42 Å². The molecule has 0 fully saturated rings. The zero-order valence-electron chi connectivity index (χ0n) is 10.9. The molecule has 92 valence electrons. The second kappa shape index (κ2) is 5.53. The van der Waals surface area contributed by atoms with Gasteiger partial charge in [0, 0.05) is 7.05 Å². The van der Waals surface area contributed by atoms with E-state index < -0.39 is 0 Å². The Morgan fingerprint density at radius 2 is 2.12 bits per heavy atom. The lowest BCUT2D eigenvalue weighted by molar-refractivity contribution is 0.487. The van der Waals surface area contributed by atoms with Gasteiger partial charge in [-0.1, -0.05) is 32.6 Å². The van der Waals surface area contributed by atoms with Gasteiger partial charge in [0.1, 0.15) is 0 Å². The van der Waals surface area contributed by atoms with Crippen molar-refractivity contribution in [2.45, 2.75) is 20.8 Å². The van der Waals surface area contributed by atoms with Gasteiger partial charge in [-0.2, -0.15) is 0 Å². The van der Waals surface area contributed by atoms with Gasteiger partial charge in [0.2, 0.25) is 0 Å². The Balaban J connectivity index is 3.36. The minimum Gasteiger partial charge on any atom is -0.408 e. The first-order chi connectivity index (χ1) is 8.01. The van der Waals surface area contributed by atoms with Crippen molar-refractivity contribution in [2.24, 2.45) is 13.0 Å². The predicted molar refractivity (Wildman–Crippen MR) is 71.7 cm³/mol. The van der Waals surface area contributed by atoms with Crippen LogP contribution in [0.25, 0.3) is 12.2 Å². The molecule has 1 heterocycles. The molecule has 0 aliphatic rings. The second-order valence-corrected chi connectivity index (χ2v) is 4.18. The Hall–Kier alpha value is -1.77. The number of oxazole rings is 1. The molecule has 0 aliphatic carbocycles. The summed E-state index contributed by atoms with van der Waals surface area (Å²) in [7, 11) is 1.70. The van der Waals surface area contributed by atoms with Gasteiger partial charge in [0.05, 0.1) is 5.69 Å². The summed E-state index contributed by atoms with van der Waals surface area (Å²) in [6.45, 7) is 9.82. The highest BCUT2D eigenvalue weighted by atomic mass is 16.4. The van der Waals surface area contributed by atoms with Crippen LogP contribution >= 0.6 is 0 Å². The van der Waals surface area contributed by atoms with E-state index in [1.165, 1.54) is 4.57 Å². The molecule has 3 heteroatoms. The van der Waals surface area contributed by atoms with Crippen LogP contribution in [0.5, 0.6) is 0 Å². The van der Waals surface area contributed by atoms with Crippen LogP contribution in [0.3, 0.4) is 0 Å². The fraction of sp³-hybridized carbons (Fsp3) is 0.357. The molecule has 0 N–H and O–H groups in total. The molecule has 1 aromatic heterocycles. The van der Waals surface area contributed by atoms with Crippen molar-refractivity contribution in [1.82, 2.24) is 4.57 Å². The highest BCUT2D eigenvalue weighted by Crippen LogP contribution is 2.18. The molecule has 0 aromatic carbocycles. The Morgan fingerprint density at radius 3 is 2.59 bits per heavy atom. The third-order valence-electron chi connectivity index (χ3n) is 2.61. The average Bonchev–Trinajstić information content (AvgIpc) is 2.54. The van der Waals surface area contributed by atoms with Crippen LogP contribution in [-0.2, 0) is 7.05 Å². The topological polar surface area (TPSA) is 35.1 Å². The number of rotatable bonds is 4. The lowest BCUT2D eigenvalue weighted by Crippen LogP contribution is -2.10. The molecule has 1 rings (SSSR count). The summed E-state index contributed by atoms with van der Waals surface area (Å²) in [5, 5.41) is 0. The zero-order chi connectivity index (χ0) is 13.0. The number of hydrogen-bond donors (Lipinski definition) is 0. The van der Waals surface area contributed by atoms with Crippen LogP contribution in [0.4, 0.5) is 0 Å². The van der Waals surface area contributed by atoms with Crippen LogP contribution in [-0.4, -0.2) is 4.57 Å². The van der Waals surface area contributed by atoms with E-state index in [1.807, 2.05) is 25.2 Å². The quantitative estimate of drug-likeness (QED) is 0.748. The Morgan fingerprint density at radius 1 is 1.47 bits per heavy atom. The van der Waals surface area contributed by atoms with Crippen molar-refractivity contribution < 1.29 is 4.42 Å². The number of aromatic nitrogens is 1. The fourth-order valence-corrected chi connectivity index (χ4v) is 1.55. The van der Waals surface area contributed by atoms with Crippen molar-refractivity contribution in [3.63, 3.8) is 0 Å². The first-order valence-corrected chi connectivity index (χ1v) is 5.67. The summed E-state index contributed by atoms with van der Waals surface area (Å²) >= 11 is 0. The molecule has 17 heavy (non-hydrogen) atoms. The predicted octanol–water partition coefficient (Wildman–Crippen LogP) is 3.24. The summed E-state index contributed by atoms with van der Waals surface area (Å²) in [6.07, 6.45) is 7.40. The van der Waals surface area contributed by atoms with Gasteiger partial charge in [0.15, 0.2) is 5.76 Å². The smallest absolute Gasteiger partial charge is 0.408 e. The standard InChI is InChI=1S/C14H19NO2/c1-6-8-12-13(17-14(16)15(12)5)9-11(7-2)10(3)4/h6-10H,2H2,1,3-5H3/b8-6-,11-9+. The van der Waals surface area contributed by atoms with Gasteiger partial charge in [-0.15, -0.1) is 0 Å². The largest absolute Gasteiger partial charge is 0.419 e. The van der Waals surface area contributed by atoms with E-state index in [9.17, 15) is 4.79 Å². The van der Waals surface area contributed by atoms with Gasteiger partial charge in [-0.05, 0) is 30.6 Å². The zero-order valence-corrected chi connectivity index (χ0v) is 10.9. The van der Waals surface area contributed by atoms with E-state index in [0.717, 1.165) is 11.3 Å². The first-order valence-electron chi connectivity index (χ1n) is 5.67. The Labute approximate surface area is 102 Å².